The SMILES string of the molecule is COC(C)(C)[C@H]1C=C2C(=O)[C@@H]3O[C@@H]3[C@H]3[C@@H](O)[C@H]4[C@@H]2C(=O)C12[C@H]4[C@H]3OO[C@@H]2C=C(C)C. The van der Waals surface area contributed by atoms with Gasteiger partial charge in [-0.25, -0.2) is 9.78 Å². The monoisotopic (exact) mass is 416 g/mol. The summed E-state index contributed by atoms with van der Waals surface area (Å²) in [7, 11) is 1.63. The van der Waals surface area contributed by atoms with E-state index in [2.05, 4.69) is 0 Å². The third kappa shape index (κ3) is 1.95. The van der Waals surface area contributed by atoms with Gasteiger partial charge in [-0.05, 0) is 27.7 Å². The van der Waals surface area contributed by atoms with Crippen molar-refractivity contribution in [2.75, 3.05) is 7.11 Å². The smallest absolute Gasteiger partial charge is 0.190 e. The van der Waals surface area contributed by atoms with E-state index in [1.54, 1.807) is 7.11 Å². The molecule has 0 aromatic heterocycles. The van der Waals surface area contributed by atoms with E-state index in [0.29, 0.717) is 5.57 Å². The van der Waals surface area contributed by atoms with Crippen molar-refractivity contribution >= 4 is 11.6 Å². The van der Waals surface area contributed by atoms with E-state index in [9.17, 15) is 14.7 Å². The van der Waals surface area contributed by atoms with Crippen LogP contribution in [0.4, 0.5) is 0 Å². The van der Waals surface area contributed by atoms with Crippen molar-refractivity contribution in [2.45, 2.75) is 63.8 Å². The highest BCUT2D eigenvalue weighted by Crippen LogP contribution is 2.72. The normalized spacial score (nSPS) is 52.5. The van der Waals surface area contributed by atoms with Crippen LogP contribution >= 0.6 is 0 Å². The molecule has 30 heavy (non-hydrogen) atoms. The van der Waals surface area contributed by atoms with Crippen LogP contribution in [0, 0.1) is 35.0 Å². The number of fused-ring (bicyclic) bond motifs is 4. The van der Waals surface area contributed by atoms with Gasteiger partial charge in [-0.1, -0.05) is 17.7 Å². The average Bonchev–Trinajstić information content (AvgIpc) is 3.37. The Morgan fingerprint density at radius 2 is 1.93 bits per heavy atom. The zero-order valence-electron chi connectivity index (χ0n) is 17.8. The molecule has 7 heteroatoms. The molecular weight excluding hydrogens is 388 g/mol. The van der Waals surface area contributed by atoms with Gasteiger partial charge in [-0.2, -0.15) is 0 Å². The minimum Gasteiger partial charge on any atom is -0.392 e. The van der Waals surface area contributed by atoms with Crippen LogP contribution in [0.25, 0.3) is 0 Å². The van der Waals surface area contributed by atoms with Crippen molar-refractivity contribution in [3.8, 4) is 0 Å². The number of rotatable bonds is 3. The molecule has 4 aliphatic carbocycles. The second kappa shape index (κ2) is 5.70. The van der Waals surface area contributed by atoms with E-state index in [1.807, 2.05) is 39.8 Å². The molecule has 0 amide bonds. The molecule has 0 aromatic rings. The molecule has 6 aliphatic rings. The minimum absolute atomic E-state index is 0.0223. The second-order valence-electron chi connectivity index (χ2n) is 10.6. The fourth-order valence-corrected chi connectivity index (χ4v) is 7.47. The highest BCUT2D eigenvalue weighted by atomic mass is 17.2. The summed E-state index contributed by atoms with van der Waals surface area (Å²) >= 11 is 0. The van der Waals surface area contributed by atoms with E-state index in [4.69, 9.17) is 19.2 Å². The predicted molar refractivity (Wildman–Crippen MR) is 103 cm³/mol. The molecule has 1 N–H and O–H groups in total. The number of ether oxygens (including phenoxy) is 2. The molecule has 2 heterocycles. The van der Waals surface area contributed by atoms with E-state index in [1.165, 1.54) is 0 Å². The molecule has 1 unspecified atom stereocenters. The van der Waals surface area contributed by atoms with E-state index in [0.717, 1.165) is 5.57 Å². The summed E-state index contributed by atoms with van der Waals surface area (Å²) in [6.45, 7) is 7.81. The van der Waals surface area contributed by atoms with Crippen LogP contribution in [0.1, 0.15) is 27.7 Å². The topological polar surface area (TPSA) is 94.6 Å². The standard InChI is InChI=1S/C23H28O7/c1-8(2)6-11-23-10(22(3,4)27-5)7-9-12(21(23)26)13-15(23)18(30-29-11)14(17(13)25)19-20(28-19)16(9)24/h6-7,10-15,17-20,25H,1-5H3/t10-,11-,12-,13+,14+,15-,17+,18+,19-,20+,23?/m1/s1. The quantitative estimate of drug-likeness (QED) is 0.422. The first-order valence-electron chi connectivity index (χ1n) is 10.8. The number of carbonyl (C=O) groups is 2. The lowest BCUT2D eigenvalue weighted by Crippen LogP contribution is -2.63. The maximum atomic E-state index is 14.2. The van der Waals surface area contributed by atoms with E-state index >= 15 is 0 Å². The van der Waals surface area contributed by atoms with Crippen LogP contribution < -0.4 is 0 Å². The number of Topliss-reactive ketones (excluding diaryl/α,β-unsaturated/α-hetero) is 2. The van der Waals surface area contributed by atoms with Gasteiger partial charge in [0.15, 0.2) is 11.6 Å². The molecule has 6 rings (SSSR count). The zero-order chi connectivity index (χ0) is 21.3. The summed E-state index contributed by atoms with van der Waals surface area (Å²) in [5.41, 5.74) is -0.193. The van der Waals surface area contributed by atoms with Crippen LogP contribution in [0.15, 0.2) is 23.3 Å². The number of aliphatic hydroxyl groups excluding tert-OH is 1. The fourth-order valence-electron chi connectivity index (χ4n) is 7.47. The number of ketones is 2. The molecule has 2 saturated heterocycles. The highest BCUT2D eigenvalue weighted by Gasteiger charge is 2.82. The predicted octanol–water partition coefficient (Wildman–Crippen LogP) is 1.39. The summed E-state index contributed by atoms with van der Waals surface area (Å²) in [4.78, 5) is 39.5. The van der Waals surface area contributed by atoms with Crippen molar-refractivity contribution in [1.29, 1.82) is 0 Å². The van der Waals surface area contributed by atoms with Gasteiger partial charge >= 0.3 is 0 Å². The molecule has 7 nitrogen and oxygen atoms in total. The Bertz CT molecular complexity index is 915. The lowest BCUT2D eigenvalue weighted by atomic mass is 9.54. The number of methoxy groups -OCH3 is 1. The van der Waals surface area contributed by atoms with Gasteiger partial charge in [0.2, 0.25) is 0 Å². The molecule has 2 aliphatic heterocycles. The maximum absolute atomic E-state index is 14.2. The average molecular weight is 416 g/mol. The van der Waals surface area contributed by atoms with Crippen molar-refractivity contribution in [3.05, 3.63) is 23.3 Å². The lowest BCUT2D eigenvalue weighted by Gasteiger charge is -2.54. The van der Waals surface area contributed by atoms with Crippen molar-refractivity contribution < 1.29 is 33.9 Å². The minimum atomic E-state index is -0.962. The third-order valence-electron chi connectivity index (χ3n) is 8.73. The Morgan fingerprint density at radius 3 is 2.60 bits per heavy atom. The number of carbonyl (C=O) groups excluding carboxylic acids is 2. The van der Waals surface area contributed by atoms with Crippen molar-refractivity contribution in [2.24, 2.45) is 35.0 Å². The van der Waals surface area contributed by atoms with E-state index < -0.39 is 47.3 Å². The Morgan fingerprint density at radius 1 is 1.20 bits per heavy atom. The lowest BCUT2D eigenvalue weighted by molar-refractivity contribution is -0.410. The summed E-state index contributed by atoms with van der Waals surface area (Å²) in [5.74, 6) is -2.20. The summed E-state index contributed by atoms with van der Waals surface area (Å²) in [6.07, 6.45) is 1.01. The number of hydrogen-bond acceptors (Lipinski definition) is 7. The summed E-state index contributed by atoms with van der Waals surface area (Å²) < 4.78 is 11.6. The van der Waals surface area contributed by atoms with E-state index in [-0.39, 0.29) is 35.4 Å². The third-order valence-corrected chi connectivity index (χ3v) is 8.73. The van der Waals surface area contributed by atoms with Gasteiger partial charge in [-0.3, -0.25) is 9.59 Å². The summed E-state index contributed by atoms with van der Waals surface area (Å²) in [5, 5.41) is 11.4. The number of allylic oxidation sites excluding steroid dienone is 1. The number of hydrogen-bond donors (Lipinski definition) is 1. The van der Waals surface area contributed by atoms with Gasteiger partial charge in [0, 0.05) is 36.4 Å². The highest BCUT2D eigenvalue weighted by molar-refractivity contribution is 6.10. The first-order chi connectivity index (χ1) is 14.2. The molecule has 1 spiro atoms. The largest absolute Gasteiger partial charge is 0.392 e. The fraction of sp³-hybridized carbons (Fsp3) is 0.739. The number of epoxide rings is 1. The van der Waals surface area contributed by atoms with Crippen LogP contribution in [-0.4, -0.2) is 59.9 Å². The molecular formula is C23H28O7. The molecule has 5 fully saturated rings. The first-order valence-corrected chi connectivity index (χ1v) is 10.8. The van der Waals surface area contributed by atoms with Crippen LogP contribution in [-0.2, 0) is 28.8 Å². The van der Waals surface area contributed by atoms with Gasteiger partial charge in [-0.15, -0.1) is 0 Å². The molecule has 0 radical (unpaired) electrons. The van der Waals surface area contributed by atoms with Gasteiger partial charge in [0.25, 0.3) is 0 Å². The van der Waals surface area contributed by atoms with Crippen LogP contribution in [0.3, 0.4) is 0 Å². The molecule has 0 aromatic carbocycles. The second-order valence-corrected chi connectivity index (χ2v) is 10.6. The van der Waals surface area contributed by atoms with Gasteiger partial charge in [0.05, 0.1) is 23.0 Å². The molecule has 11 atom stereocenters. The Balaban J connectivity index is 1.67. The van der Waals surface area contributed by atoms with Crippen molar-refractivity contribution in [1.82, 2.24) is 0 Å². The van der Waals surface area contributed by atoms with Crippen molar-refractivity contribution in [3.63, 3.8) is 0 Å². The molecule has 3 saturated carbocycles. The Kier molecular flexibility index (Phi) is 3.67. The Labute approximate surface area is 175 Å². The van der Waals surface area contributed by atoms with Gasteiger partial charge in [0.1, 0.15) is 24.4 Å². The number of aliphatic hydroxyl groups is 1. The zero-order valence-corrected chi connectivity index (χ0v) is 17.8. The maximum Gasteiger partial charge on any atom is 0.190 e. The molecule has 4 bridgehead atoms. The molecule has 162 valence electrons. The van der Waals surface area contributed by atoms with Crippen LogP contribution in [0.2, 0.25) is 0 Å². The van der Waals surface area contributed by atoms with Gasteiger partial charge < -0.3 is 14.6 Å². The van der Waals surface area contributed by atoms with Crippen LogP contribution in [0.5, 0.6) is 0 Å². The first kappa shape index (κ1) is 19.3. The summed E-state index contributed by atoms with van der Waals surface area (Å²) in [6, 6.07) is 0. The Hall–Kier alpha value is -1.38.